The molecule has 2 rings (SSSR count). The first-order valence-corrected chi connectivity index (χ1v) is 5.84. The van der Waals surface area contributed by atoms with Crippen LogP contribution in [0.4, 0.5) is 0 Å². The minimum atomic E-state index is 0.941. The van der Waals surface area contributed by atoms with E-state index in [0.717, 1.165) is 9.52 Å². The van der Waals surface area contributed by atoms with Crippen LogP contribution in [-0.2, 0) is 0 Å². The van der Waals surface area contributed by atoms with E-state index in [4.69, 9.17) is 0 Å². The molecule has 2 aromatic carbocycles. The second-order valence-electron chi connectivity index (χ2n) is 3.06. The summed E-state index contributed by atoms with van der Waals surface area (Å²) in [5, 5.41) is 4.28. The monoisotopic (exact) mass is 184 g/mol. The van der Waals surface area contributed by atoms with Crippen LogP contribution in [0.15, 0.2) is 42.5 Å². The molecule has 13 heavy (non-hydrogen) atoms. The van der Waals surface area contributed by atoms with Crippen LogP contribution < -0.4 is 5.19 Å². The molecule has 0 fully saturated rings. The van der Waals surface area contributed by atoms with Crippen molar-refractivity contribution in [2.24, 2.45) is 0 Å². The van der Waals surface area contributed by atoms with Crippen LogP contribution in [0.3, 0.4) is 0 Å². The van der Waals surface area contributed by atoms with E-state index in [1.165, 1.54) is 22.0 Å². The minimum Gasteiger partial charge on any atom is -0.0679 e. The first-order chi connectivity index (χ1) is 6.42. The van der Waals surface area contributed by atoms with Gasteiger partial charge in [-0.3, -0.25) is 0 Å². The summed E-state index contributed by atoms with van der Waals surface area (Å²) >= 11 is 0. The Hall–Kier alpha value is -1.08. The fraction of sp³-hybridized carbons (Fsp3) is 0.167. The van der Waals surface area contributed by atoms with Crippen molar-refractivity contribution in [2.75, 3.05) is 0 Å². The fourth-order valence-electron chi connectivity index (χ4n) is 1.57. The van der Waals surface area contributed by atoms with Crippen LogP contribution in [0, 0.1) is 0 Å². The summed E-state index contributed by atoms with van der Waals surface area (Å²) in [6.07, 6.45) is 0. The molecular formula is C12H12Si. The Morgan fingerprint density at radius 3 is 2.62 bits per heavy atom. The molecule has 0 saturated heterocycles. The first kappa shape index (κ1) is 8.51. The van der Waals surface area contributed by atoms with E-state index >= 15 is 0 Å². The Labute approximate surface area is 81.4 Å². The van der Waals surface area contributed by atoms with Crippen LogP contribution in [0.2, 0.25) is 6.04 Å². The Morgan fingerprint density at radius 2 is 1.77 bits per heavy atom. The Bertz CT molecular complexity index is 401. The highest BCUT2D eigenvalue weighted by Crippen LogP contribution is 2.10. The summed E-state index contributed by atoms with van der Waals surface area (Å²) in [7, 11) is 0.941. The van der Waals surface area contributed by atoms with E-state index in [2.05, 4.69) is 49.4 Å². The summed E-state index contributed by atoms with van der Waals surface area (Å²) in [5.74, 6) is 0. The van der Waals surface area contributed by atoms with Crippen LogP contribution >= 0.6 is 0 Å². The number of hydrogen-bond acceptors (Lipinski definition) is 0. The maximum atomic E-state index is 2.24. The van der Waals surface area contributed by atoms with E-state index < -0.39 is 0 Å². The van der Waals surface area contributed by atoms with Crippen LogP contribution in [0.5, 0.6) is 0 Å². The topological polar surface area (TPSA) is 0 Å². The molecule has 0 aliphatic heterocycles. The number of hydrogen-bond donors (Lipinski definition) is 0. The molecule has 0 spiro atoms. The molecule has 2 aromatic rings. The average Bonchev–Trinajstić information content (AvgIpc) is 2.19. The van der Waals surface area contributed by atoms with Gasteiger partial charge in [0, 0.05) is 0 Å². The second-order valence-corrected chi connectivity index (χ2v) is 4.66. The van der Waals surface area contributed by atoms with Gasteiger partial charge in [0.25, 0.3) is 0 Å². The van der Waals surface area contributed by atoms with Crippen LogP contribution in [0.1, 0.15) is 6.92 Å². The standard InChI is InChI=1S/C12H12Si/c1-2-13-12-9-5-7-10-6-3-4-8-11(10)12/h3-9H,2H2,1H3. The van der Waals surface area contributed by atoms with Gasteiger partial charge in [-0.25, -0.2) is 0 Å². The van der Waals surface area contributed by atoms with Gasteiger partial charge in [0.2, 0.25) is 0 Å². The first-order valence-electron chi connectivity index (χ1n) is 4.63. The third-order valence-corrected chi connectivity index (χ3v) is 3.33. The highest BCUT2D eigenvalue weighted by Gasteiger charge is 1.98. The van der Waals surface area contributed by atoms with Gasteiger partial charge in [-0.2, -0.15) is 0 Å². The molecule has 0 atom stereocenters. The highest BCUT2D eigenvalue weighted by molar-refractivity contribution is 6.56. The lowest BCUT2D eigenvalue weighted by Crippen LogP contribution is -2.13. The van der Waals surface area contributed by atoms with Crippen molar-refractivity contribution in [3.63, 3.8) is 0 Å². The van der Waals surface area contributed by atoms with Gasteiger partial charge in [0.1, 0.15) is 0 Å². The SMILES string of the molecule is CC[Si]c1cccc2ccccc12. The molecule has 1 heteroatoms. The van der Waals surface area contributed by atoms with E-state index in [9.17, 15) is 0 Å². The predicted octanol–water partition coefficient (Wildman–Crippen LogP) is 2.61. The summed E-state index contributed by atoms with van der Waals surface area (Å²) in [4.78, 5) is 0. The molecule has 0 aromatic heterocycles. The summed E-state index contributed by atoms with van der Waals surface area (Å²) in [6, 6.07) is 16.4. The molecule has 0 aliphatic rings. The van der Waals surface area contributed by atoms with E-state index in [1.54, 1.807) is 0 Å². The van der Waals surface area contributed by atoms with Gasteiger partial charge < -0.3 is 0 Å². The fourth-order valence-corrected chi connectivity index (χ4v) is 2.58. The molecule has 0 aliphatic carbocycles. The Morgan fingerprint density at radius 1 is 1.00 bits per heavy atom. The minimum absolute atomic E-state index is 0.941. The molecule has 64 valence electrons. The maximum absolute atomic E-state index is 2.24. The maximum Gasteiger partial charge on any atom is 0.0813 e. The molecule has 0 nitrogen and oxygen atoms in total. The Kier molecular flexibility index (Phi) is 2.46. The van der Waals surface area contributed by atoms with Crippen molar-refractivity contribution in [1.82, 2.24) is 0 Å². The van der Waals surface area contributed by atoms with Gasteiger partial charge in [-0.15, -0.1) is 0 Å². The summed E-state index contributed by atoms with van der Waals surface area (Å²) in [5.41, 5.74) is 0. The van der Waals surface area contributed by atoms with Crippen molar-refractivity contribution in [3.05, 3.63) is 42.5 Å². The van der Waals surface area contributed by atoms with Crippen molar-refractivity contribution >= 4 is 25.5 Å². The zero-order valence-corrected chi connectivity index (χ0v) is 8.75. The lowest BCUT2D eigenvalue weighted by molar-refractivity contribution is 1.46. The molecule has 0 amide bonds. The van der Waals surface area contributed by atoms with Gasteiger partial charge in [0.05, 0.1) is 9.52 Å². The number of benzene rings is 2. The predicted molar refractivity (Wildman–Crippen MR) is 59.8 cm³/mol. The largest absolute Gasteiger partial charge is 0.0813 e. The molecular weight excluding hydrogens is 172 g/mol. The normalized spacial score (nSPS) is 10.5. The molecule has 0 saturated carbocycles. The Balaban J connectivity index is 2.61. The zero-order chi connectivity index (χ0) is 9.10. The summed E-state index contributed by atoms with van der Waals surface area (Å²) < 4.78 is 0. The number of fused-ring (bicyclic) bond motifs is 1. The third-order valence-electron chi connectivity index (χ3n) is 2.16. The van der Waals surface area contributed by atoms with Crippen molar-refractivity contribution < 1.29 is 0 Å². The molecule has 0 unspecified atom stereocenters. The number of rotatable bonds is 2. The smallest absolute Gasteiger partial charge is 0.0679 e. The van der Waals surface area contributed by atoms with Gasteiger partial charge in [0.15, 0.2) is 0 Å². The average molecular weight is 184 g/mol. The third kappa shape index (κ3) is 1.65. The van der Waals surface area contributed by atoms with Crippen molar-refractivity contribution in [1.29, 1.82) is 0 Å². The molecule has 0 bridgehead atoms. The highest BCUT2D eigenvalue weighted by atomic mass is 28.2. The van der Waals surface area contributed by atoms with E-state index in [0.29, 0.717) is 0 Å². The molecule has 0 N–H and O–H groups in total. The zero-order valence-electron chi connectivity index (χ0n) is 7.75. The van der Waals surface area contributed by atoms with Crippen molar-refractivity contribution in [3.8, 4) is 0 Å². The van der Waals surface area contributed by atoms with Gasteiger partial charge in [-0.05, 0) is 10.8 Å². The van der Waals surface area contributed by atoms with Gasteiger partial charge >= 0.3 is 0 Å². The van der Waals surface area contributed by atoms with E-state index in [-0.39, 0.29) is 0 Å². The lowest BCUT2D eigenvalue weighted by atomic mass is 10.1. The van der Waals surface area contributed by atoms with Crippen LogP contribution in [-0.4, -0.2) is 9.52 Å². The quantitative estimate of drug-likeness (QED) is 0.629. The van der Waals surface area contributed by atoms with Gasteiger partial charge in [-0.1, -0.05) is 60.6 Å². The molecule has 0 heterocycles. The van der Waals surface area contributed by atoms with Crippen LogP contribution in [0.25, 0.3) is 10.8 Å². The lowest BCUT2D eigenvalue weighted by Gasteiger charge is -2.03. The van der Waals surface area contributed by atoms with E-state index in [1.807, 2.05) is 0 Å². The summed E-state index contributed by atoms with van der Waals surface area (Å²) in [6.45, 7) is 2.24. The molecule has 2 radical (unpaired) electrons. The van der Waals surface area contributed by atoms with Crippen molar-refractivity contribution in [2.45, 2.75) is 13.0 Å². The second kappa shape index (κ2) is 3.75.